The summed E-state index contributed by atoms with van der Waals surface area (Å²) in [6, 6.07) is 7.00. The Bertz CT molecular complexity index is 698. The van der Waals surface area contributed by atoms with E-state index in [0.717, 1.165) is 49.9 Å². The molecule has 3 heterocycles. The summed E-state index contributed by atoms with van der Waals surface area (Å²) in [5.74, 6) is 1.71. The number of piperidine rings is 1. The van der Waals surface area contributed by atoms with Gasteiger partial charge in [0.1, 0.15) is 6.54 Å². The monoisotopic (exact) mass is 343 g/mol. The van der Waals surface area contributed by atoms with Crippen molar-refractivity contribution in [3.8, 4) is 0 Å². The molecule has 0 spiro atoms. The minimum atomic E-state index is 0.475. The highest BCUT2D eigenvalue weighted by atomic mass is 15.3. The molecule has 0 aliphatic carbocycles. The second-order valence-electron chi connectivity index (χ2n) is 6.79. The van der Waals surface area contributed by atoms with Gasteiger partial charge in [-0.2, -0.15) is 0 Å². The van der Waals surface area contributed by atoms with Crippen LogP contribution in [0, 0.1) is 0 Å². The smallest absolute Gasteiger partial charge is 0.191 e. The lowest BCUT2D eigenvalue weighted by molar-refractivity contribution is 0.167. The molecular formula is C18H29N7. The molecule has 136 valence electrons. The summed E-state index contributed by atoms with van der Waals surface area (Å²) in [4.78, 5) is 7.24. The molecule has 25 heavy (non-hydrogen) atoms. The highest BCUT2D eigenvalue weighted by Crippen LogP contribution is 2.13. The van der Waals surface area contributed by atoms with Gasteiger partial charge in [-0.25, -0.2) is 4.99 Å². The number of guanidine groups is 1. The van der Waals surface area contributed by atoms with Crippen LogP contribution in [0.15, 0.2) is 29.4 Å². The third-order valence-corrected chi connectivity index (χ3v) is 4.71. The molecule has 1 aliphatic heterocycles. The van der Waals surface area contributed by atoms with E-state index in [-0.39, 0.29) is 0 Å². The molecule has 1 saturated heterocycles. The third-order valence-electron chi connectivity index (χ3n) is 4.71. The summed E-state index contributed by atoms with van der Waals surface area (Å²) >= 11 is 0. The molecule has 7 heteroatoms. The molecule has 0 bridgehead atoms. The highest BCUT2D eigenvalue weighted by molar-refractivity contribution is 5.80. The second-order valence-corrected chi connectivity index (χ2v) is 6.79. The fourth-order valence-electron chi connectivity index (χ4n) is 3.22. The van der Waals surface area contributed by atoms with Gasteiger partial charge in [-0.3, -0.25) is 4.40 Å². The maximum absolute atomic E-state index is 4.71. The zero-order valence-electron chi connectivity index (χ0n) is 15.4. The van der Waals surface area contributed by atoms with Crippen molar-refractivity contribution in [3.05, 3.63) is 30.2 Å². The number of nitrogens with zero attached hydrogens (tertiary/aromatic N) is 5. The summed E-state index contributed by atoms with van der Waals surface area (Å²) in [5, 5.41) is 15.4. The van der Waals surface area contributed by atoms with Crippen molar-refractivity contribution in [3.63, 3.8) is 0 Å². The van der Waals surface area contributed by atoms with Crippen LogP contribution >= 0.6 is 0 Å². The van der Waals surface area contributed by atoms with E-state index in [1.165, 1.54) is 0 Å². The Kier molecular flexibility index (Phi) is 5.86. The average molecular weight is 343 g/mol. The summed E-state index contributed by atoms with van der Waals surface area (Å²) in [5.41, 5.74) is 0.853. The van der Waals surface area contributed by atoms with Crippen molar-refractivity contribution in [2.75, 3.05) is 19.6 Å². The van der Waals surface area contributed by atoms with Crippen LogP contribution in [0.3, 0.4) is 0 Å². The van der Waals surface area contributed by atoms with Crippen LogP contribution in [0.2, 0.25) is 0 Å². The number of aromatic nitrogens is 3. The maximum Gasteiger partial charge on any atom is 0.191 e. The van der Waals surface area contributed by atoms with E-state index < -0.39 is 0 Å². The van der Waals surface area contributed by atoms with Gasteiger partial charge in [-0.15, -0.1) is 10.2 Å². The molecule has 2 aromatic heterocycles. The molecule has 0 amide bonds. The van der Waals surface area contributed by atoms with Gasteiger partial charge < -0.3 is 15.5 Å². The Morgan fingerprint density at radius 1 is 1.28 bits per heavy atom. The molecule has 0 atom stereocenters. The number of nitrogens with one attached hydrogen (secondary N) is 2. The molecular weight excluding hydrogens is 314 g/mol. The van der Waals surface area contributed by atoms with Crippen molar-refractivity contribution in [2.45, 2.75) is 52.2 Å². The zero-order valence-corrected chi connectivity index (χ0v) is 15.4. The fourth-order valence-corrected chi connectivity index (χ4v) is 3.22. The first-order valence-corrected chi connectivity index (χ1v) is 9.25. The predicted molar refractivity (Wildman–Crippen MR) is 101 cm³/mol. The predicted octanol–water partition coefficient (Wildman–Crippen LogP) is 1.66. The Balaban J connectivity index is 1.62. The lowest BCUT2D eigenvalue weighted by Crippen LogP contribution is -2.49. The number of hydrogen-bond donors (Lipinski definition) is 2. The van der Waals surface area contributed by atoms with Gasteiger partial charge in [-0.05, 0) is 45.7 Å². The first-order valence-electron chi connectivity index (χ1n) is 9.25. The van der Waals surface area contributed by atoms with Crippen LogP contribution in [-0.2, 0) is 6.54 Å². The molecule has 0 radical (unpaired) electrons. The van der Waals surface area contributed by atoms with E-state index in [1.54, 1.807) is 0 Å². The third kappa shape index (κ3) is 4.48. The number of likely N-dealkylation sites (tertiary alicyclic amines) is 1. The minimum Gasteiger partial charge on any atom is -0.357 e. The Morgan fingerprint density at radius 2 is 2.08 bits per heavy atom. The molecule has 2 N–H and O–H groups in total. The van der Waals surface area contributed by atoms with Crippen LogP contribution in [0.5, 0.6) is 0 Å². The van der Waals surface area contributed by atoms with E-state index in [9.17, 15) is 0 Å². The SMILES string of the molecule is CCNC(=NCc1nnc2ccccn12)NC1CCN(C(C)C)CC1. The van der Waals surface area contributed by atoms with Gasteiger partial charge in [0, 0.05) is 37.9 Å². The Labute approximate surface area is 149 Å². The standard InChI is InChI=1S/C18H29N7/c1-4-19-18(21-15-8-11-24(12-9-15)14(2)3)20-13-17-23-22-16-7-5-6-10-25(16)17/h5-7,10,14-15H,4,8-9,11-13H2,1-3H3,(H2,19,20,21). The highest BCUT2D eigenvalue weighted by Gasteiger charge is 2.21. The lowest BCUT2D eigenvalue weighted by Gasteiger charge is -2.35. The van der Waals surface area contributed by atoms with E-state index >= 15 is 0 Å². The van der Waals surface area contributed by atoms with Crippen LogP contribution in [0.25, 0.3) is 5.65 Å². The number of rotatable bonds is 5. The van der Waals surface area contributed by atoms with Crippen molar-refractivity contribution in [2.24, 2.45) is 4.99 Å². The van der Waals surface area contributed by atoms with Gasteiger partial charge in [0.15, 0.2) is 17.4 Å². The van der Waals surface area contributed by atoms with Crippen molar-refractivity contribution >= 4 is 11.6 Å². The molecule has 0 saturated carbocycles. The van der Waals surface area contributed by atoms with Gasteiger partial charge in [0.05, 0.1) is 0 Å². The summed E-state index contributed by atoms with van der Waals surface area (Å²) in [6.45, 7) is 10.3. The van der Waals surface area contributed by atoms with Crippen LogP contribution in [-0.4, -0.2) is 57.2 Å². The summed E-state index contributed by atoms with van der Waals surface area (Å²) < 4.78 is 1.98. The number of aliphatic imine (C=N–C) groups is 1. The number of hydrogen-bond acceptors (Lipinski definition) is 4. The molecule has 0 unspecified atom stereocenters. The second kappa shape index (κ2) is 8.29. The Hall–Kier alpha value is -2.15. The summed E-state index contributed by atoms with van der Waals surface area (Å²) in [7, 11) is 0. The quantitative estimate of drug-likeness (QED) is 0.638. The van der Waals surface area contributed by atoms with E-state index in [2.05, 4.69) is 46.5 Å². The van der Waals surface area contributed by atoms with Crippen LogP contribution < -0.4 is 10.6 Å². The van der Waals surface area contributed by atoms with Gasteiger partial charge in [0.25, 0.3) is 0 Å². The molecule has 0 aromatic carbocycles. The van der Waals surface area contributed by atoms with Gasteiger partial charge >= 0.3 is 0 Å². The van der Waals surface area contributed by atoms with Crippen LogP contribution in [0.4, 0.5) is 0 Å². The fraction of sp³-hybridized carbons (Fsp3) is 0.611. The topological polar surface area (TPSA) is 69.8 Å². The first-order chi connectivity index (χ1) is 12.2. The lowest BCUT2D eigenvalue weighted by atomic mass is 10.0. The minimum absolute atomic E-state index is 0.475. The van der Waals surface area contributed by atoms with Crippen LogP contribution in [0.1, 0.15) is 39.4 Å². The molecule has 2 aromatic rings. The molecule has 7 nitrogen and oxygen atoms in total. The molecule has 1 aliphatic rings. The van der Waals surface area contributed by atoms with E-state index in [4.69, 9.17) is 4.99 Å². The number of pyridine rings is 1. The number of fused-ring (bicyclic) bond motifs is 1. The van der Waals surface area contributed by atoms with E-state index in [1.807, 2.05) is 28.8 Å². The van der Waals surface area contributed by atoms with Crippen molar-refractivity contribution in [1.29, 1.82) is 0 Å². The maximum atomic E-state index is 4.71. The normalized spacial score (nSPS) is 17.4. The zero-order chi connectivity index (χ0) is 17.6. The van der Waals surface area contributed by atoms with Crippen molar-refractivity contribution in [1.82, 2.24) is 30.1 Å². The average Bonchev–Trinajstić information content (AvgIpc) is 3.03. The van der Waals surface area contributed by atoms with Crippen molar-refractivity contribution < 1.29 is 0 Å². The summed E-state index contributed by atoms with van der Waals surface area (Å²) in [6.07, 6.45) is 4.27. The van der Waals surface area contributed by atoms with Gasteiger partial charge in [-0.1, -0.05) is 6.07 Å². The molecule has 3 rings (SSSR count). The largest absolute Gasteiger partial charge is 0.357 e. The molecule has 1 fully saturated rings. The first kappa shape index (κ1) is 17.7. The van der Waals surface area contributed by atoms with Gasteiger partial charge in [0.2, 0.25) is 0 Å². The van der Waals surface area contributed by atoms with E-state index in [0.29, 0.717) is 18.6 Å². The Morgan fingerprint density at radius 3 is 2.80 bits per heavy atom.